The molecule has 12 heteroatoms. The Morgan fingerprint density at radius 1 is 0.974 bits per heavy atom. The Morgan fingerprint density at radius 2 is 1.67 bits per heavy atom. The highest BCUT2D eigenvalue weighted by molar-refractivity contribution is 5.94. The highest BCUT2D eigenvalue weighted by Crippen LogP contribution is 2.27. The Kier molecular flexibility index (Phi) is 11.6. The molecule has 0 radical (unpaired) electrons. The highest BCUT2D eigenvalue weighted by atomic mass is 19.1. The predicted molar refractivity (Wildman–Crippen MR) is 141 cm³/mol. The summed E-state index contributed by atoms with van der Waals surface area (Å²) in [4.78, 5) is 54.6. The number of halogens is 1. The molecule has 0 bridgehead atoms. The van der Waals surface area contributed by atoms with Crippen LogP contribution >= 0.6 is 0 Å². The lowest BCUT2D eigenvalue weighted by Crippen LogP contribution is -2.58. The molecule has 2 saturated heterocycles. The molecule has 2 heterocycles. The van der Waals surface area contributed by atoms with Gasteiger partial charge >= 0.3 is 0 Å². The van der Waals surface area contributed by atoms with E-state index in [0.717, 1.165) is 0 Å². The summed E-state index contributed by atoms with van der Waals surface area (Å²) in [7, 11) is 3.68. The van der Waals surface area contributed by atoms with E-state index in [4.69, 9.17) is 9.47 Å². The Balaban J connectivity index is 1.64. The molecular weight excluding hydrogens is 509 g/mol. The molecular formula is C27H40FN5O6. The van der Waals surface area contributed by atoms with E-state index in [2.05, 4.69) is 16.0 Å². The van der Waals surface area contributed by atoms with Crippen LogP contribution in [0, 0.1) is 5.82 Å². The lowest BCUT2D eigenvalue weighted by atomic mass is 9.83. The Hall–Kier alpha value is -3.09. The van der Waals surface area contributed by atoms with Crippen molar-refractivity contribution in [1.82, 2.24) is 25.8 Å². The summed E-state index contributed by atoms with van der Waals surface area (Å²) < 4.78 is 24.2. The number of hydrogen-bond acceptors (Lipinski definition) is 7. The van der Waals surface area contributed by atoms with Crippen LogP contribution in [0.25, 0.3) is 0 Å². The molecule has 1 aromatic carbocycles. The van der Waals surface area contributed by atoms with Crippen molar-refractivity contribution < 1.29 is 33.0 Å². The normalized spacial score (nSPS) is 22.7. The van der Waals surface area contributed by atoms with Crippen molar-refractivity contribution in [2.75, 3.05) is 66.7 Å². The van der Waals surface area contributed by atoms with Gasteiger partial charge < -0.3 is 30.3 Å². The number of carbonyl (C=O) groups is 4. The van der Waals surface area contributed by atoms with E-state index >= 15 is 0 Å². The molecule has 2 aliphatic heterocycles. The third-order valence-electron chi connectivity index (χ3n) is 7.06. The number of carbonyl (C=O) groups excluding carboxylic acids is 4. The van der Waals surface area contributed by atoms with Gasteiger partial charge in [0.05, 0.1) is 31.4 Å². The molecule has 2 aliphatic rings. The van der Waals surface area contributed by atoms with E-state index in [1.807, 2.05) is 19.0 Å². The van der Waals surface area contributed by atoms with Crippen molar-refractivity contribution in [3.63, 3.8) is 0 Å². The number of likely N-dealkylation sites (N-methyl/N-ethyl adjacent to an activating group) is 1. The van der Waals surface area contributed by atoms with Crippen LogP contribution in [-0.2, 0) is 23.9 Å². The number of ether oxygens (including phenoxy) is 2. The summed E-state index contributed by atoms with van der Waals surface area (Å²) in [5, 5.41) is 8.78. The summed E-state index contributed by atoms with van der Waals surface area (Å²) in [6.07, 6.45) is 1.98. The molecule has 4 amide bonds. The van der Waals surface area contributed by atoms with Crippen LogP contribution in [0.5, 0.6) is 0 Å². The molecule has 1 atom stereocenters. The zero-order chi connectivity index (χ0) is 28.3. The van der Waals surface area contributed by atoms with Gasteiger partial charge in [-0.05, 0) is 64.0 Å². The van der Waals surface area contributed by atoms with Crippen LogP contribution in [0.2, 0.25) is 0 Å². The van der Waals surface area contributed by atoms with E-state index in [-0.39, 0.29) is 55.9 Å². The monoisotopic (exact) mass is 549 g/mol. The number of hydrogen-bond donors (Lipinski definition) is 3. The number of rotatable bonds is 2. The molecule has 1 aromatic rings. The van der Waals surface area contributed by atoms with E-state index in [9.17, 15) is 23.6 Å². The minimum atomic E-state index is -0.838. The average Bonchev–Trinajstić information content (AvgIpc) is 2.89. The smallest absolute Gasteiger partial charge is 0.253 e. The first-order valence-electron chi connectivity index (χ1n) is 13.4. The standard InChI is InChI=1S/C27H40FN5O6/c1-32(2)22-4-3-11-29-23(34)18-27(31-24(35)19-39-17-16-38-15-12-30-25(22)36)9-13-33(14-10-27)26(37)20-5-7-21(28)8-6-20/h5-8,22H,3-4,9-19H2,1-2H3,(H,29,34)(H,30,36)(H,31,35)/t22-/m0/s1. The van der Waals surface area contributed by atoms with E-state index in [1.165, 1.54) is 24.3 Å². The fourth-order valence-corrected chi connectivity index (χ4v) is 4.86. The predicted octanol–water partition coefficient (Wildman–Crippen LogP) is 0.296. The second-order valence-electron chi connectivity index (χ2n) is 10.2. The van der Waals surface area contributed by atoms with Crippen LogP contribution in [0.3, 0.4) is 0 Å². The number of piperidine rings is 1. The molecule has 0 aromatic heterocycles. The van der Waals surface area contributed by atoms with Crippen LogP contribution in [-0.4, -0.2) is 112 Å². The molecule has 3 N–H and O–H groups in total. The van der Waals surface area contributed by atoms with Gasteiger partial charge in [-0.3, -0.25) is 24.1 Å². The quantitative estimate of drug-likeness (QED) is 0.484. The molecule has 3 rings (SSSR count). The molecule has 216 valence electrons. The zero-order valence-electron chi connectivity index (χ0n) is 22.8. The van der Waals surface area contributed by atoms with Crippen LogP contribution in [0.15, 0.2) is 24.3 Å². The summed E-state index contributed by atoms with van der Waals surface area (Å²) in [5.41, 5.74) is -0.453. The fraction of sp³-hybridized carbons (Fsp3) is 0.630. The van der Waals surface area contributed by atoms with Gasteiger partial charge in [0.2, 0.25) is 17.7 Å². The first-order valence-corrected chi connectivity index (χ1v) is 13.4. The number of nitrogens with zero attached hydrogens (tertiary/aromatic N) is 2. The number of amides is 4. The van der Waals surface area contributed by atoms with Crippen LogP contribution < -0.4 is 16.0 Å². The minimum absolute atomic E-state index is 0.0536. The minimum Gasteiger partial charge on any atom is -0.377 e. The SMILES string of the molecule is CN(C)[C@H]1CCCNC(=O)CC2(CCN(C(=O)c3ccc(F)cc3)CC2)NC(=O)COCCOCCNC1=O. The summed E-state index contributed by atoms with van der Waals surface area (Å²) in [6.45, 7) is 2.03. The number of likely N-dealkylation sites (tertiary alicyclic amines) is 1. The Morgan fingerprint density at radius 3 is 2.36 bits per heavy atom. The van der Waals surface area contributed by atoms with Crippen molar-refractivity contribution in [3.05, 3.63) is 35.6 Å². The van der Waals surface area contributed by atoms with Crippen molar-refractivity contribution in [2.24, 2.45) is 0 Å². The summed E-state index contributed by atoms with van der Waals surface area (Å²) in [6, 6.07) is 5.05. The lowest BCUT2D eigenvalue weighted by Gasteiger charge is -2.42. The Labute approximate surface area is 228 Å². The second kappa shape index (κ2) is 14.9. The van der Waals surface area contributed by atoms with Gasteiger partial charge in [-0.15, -0.1) is 0 Å². The maximum atomic E-state index is 13.3. The maximum absolute atomic E-state index is 13.3. The van der Waals surface area contributed by atoms with Crippen LogP contribution in [0.4, 0.5) is 4.39 Å². The third kappa shape index (κ3) is 9.55. The maximum Gasteiger partial charge on any atom is 0.253 e. The van der Waals surface area contributed by atoms with E-state index in [1.54, 1.807) is 4.90 Å². The largest absolute Gasteiger partial charge is 0.377 e. The lowest BCUT2D eigenvalue weighted by molar-refractivity contribution is -0.130. The Bertz CT molecular complexity index is 981. The van der Waals surface area contributed by atoms with Crippen molar-refractivity contribution >= 4 is 23.6 Å². The van der Waals surface area contributed by atoms with Crippen LogP contribution in [0.1, 0.15) is 42.5 Å². The molecule has 1 spiro atoms. The van der Waals surface area contributed by atoms with Gasteiger partial charge in [-0.1, -0.05) is 0 Å². The van der Waals surface area contributed by atoms with Gasteiger partial charge in [0.1, 0.15) is 12.4 Å². The van der Waals surface area contributed by atoms with Gasteiger partial charge in [-0.2, -0.15) is 0 Å². The van der Waals surface area contributed by atoms with Crippen molar-refractivity contribution in [2.45, 2.75) is 43.7 Å². The van der Waals surface area contributed by atoms with Crippen molar-refractivity contribution in [3.8, 4) is 0 Å². The first kappa shape index (κ1) is 30.5. The first-order chi connectivity index (χ1) is 18.7. The molecule has 0 saturated carbocycles. The molecule has 39 heavy (non-hydrogen) atoms. The molecule has 2 fully saturated rings. The average molecular weight is 550 g/mol. The topological polar surface area (TPSA) is 129 Å². The second-order valence-corrected chi connectivity index (χ2v) is 10.2. The number of nitrogens with one attached hydrogen (secondary N) is 3. The van der Waals surface area contributed by atoms with E-state index < -0.39 is 11.4 Å². The van der Waals surface area contributed by atoms with E-state index in [0.29, 0.717) is 64.0 Å². The third-order valence-corrected chi connectivity index (χ3v) is 7.06. The zero-order valence-corrected chi connectivity index (χ0v) is 22.8. The molecule has 0 aliphatic carbocycles. The summed E-state index contributed by atoms with van der Waals surface area (Å²) in [5.74, 6) is -1.30. The number of benzene rings is 1. The van der Waals surface area contributed by atoms with Gasteiger partial charge in [0.25, 0.3) is 5.91 Å². The van der Waals surface area contributed by atoms with Gasteiger partial charge in [0.15, 0.2) is 0 Å². The summed E-state index contributed by atoms with van der Waals surface area (Å²) >= 11 is 0. The van der Waals surface area contributed by atoms with Gasteiger partial charge in [-0.25, -0.2) is 4.39 Å². The molecule has 0 unspecified atom stereocenters. The molecule has 11 nitrogen and oxygen atoms in total. The van der Waals surface area contributed by atoms with Gasteiger partial charge in [0, 0.05) is 38.2 Å². The van der Waals surface area contributed by atoms with Crippen molar-refractivity contribution in [1.29, 1.82) is 0 Å². The fourth-order valence-electron chi connectivity index (χ4n) is 4.86. The highest BCUT2D eigenvalue weighted by Gasteiger charge is 2.39.